The maximum Gasteiger partial charge on any atom is 0.387 e. The number of benzene rings is 1. The average Bonchev–Trinajstić information content (AvgIpc) is 3.21. The summed E-state index contributed by atoms with van der Waals surface area (Å²) >= 11 is 0. The van der Waals surface area contributed by atoms with Crippen LogP contribution in [0.4, 0.5) is 14.5 Å². The Bertz CT molecular complexity index is 698. The molecule has 1 atom stereocenters. The van der Waals surface area contributed by atoms with Crippen LogP contribution in [0.3, 0.4) is 0 Å². The molecule has 1 aromatic rings. The predicted octanol–water partition coefficient (Wildman–Crippen LogP) is 2.27. The fraction of sp³-hybridized carbons (Fsp3) is 0.682. The molecule has 0 aromatic heterocycles. The van der Waals surface area contributed by atoms with E-state index in [1.807, 2.05) is 19.1 Å². The van der Waals surface area contributed by atoms with Crippen molar-refractivity contribution >= 4 is 11.6 Å². The van der Waals surface area contributed by atoms with Crippen molar-refractivity contribution < 1.29 is 18.6 Å². The minimum atomic E-state index is -2.83. The third kappa shape index (κ3) is 7.50. The number of likely N-dealkylation sites (tertiary alicyclic amines) is 1. The summed E-state index contributed by atoms with van der Waals surface area (Å²) in [5.74, 6) is 1.00. The van der Waals surface area contributed by atoms with Crippen LogP contribution < -0.4 is 20.3 Å². The molecule has 0 amide bonds. The standard InChI is InChI=1S/C22H35F2N5O2/c1-2-25-22(26-11-5-12-28-13-9-18(30)10-14-28)27-17-8-15-29(16-17)19-6-3-4-7-20(19)31-21(23)24/h3-4,6-7,17-18,21,30H,2,5,8-16H2,1H3,(H2,25,26,27). The maximum absolute atomic E-state index is 12.7. The number of nitrogens with one attached hydrogen (secondary N) is 2. The first-order valence-electron chi connectivity index (χ1n) is 11.3. The zero-order chi connectivity index (χ0) is 22.1. The van der Waals surface area contributed by atoms with E-state index in [0.717, 1.165) is 70.9 Å². The summed E-state index contributed by atoms with van der Waals surface area (Å²) < 4.78 is 30.1. The molecule has 1 aromatic carbocycles. The predicted molar refractivity (Wildman–Crippen MR) is 119 cm³/mol. The molecule has 1 unspecified atom stereocenters. The van der Waals surface area contributed by atoms with Crippen LogP contribution in [-0.4, -0.2) is 80.5 Å². The first-order valence-corrected chi connectivity index (χ1v) is 11.3. The van der Waals surface area contributed by atoms with Crippen LogP contribution in [0.2, 0.25) is 0 Å². The lowest BCUT2D eigenvalue weighted by Crippen LogP contribution is -2.44. The van der Waals surface area contributed by atoms with Crippen LogP contribution in [0.15, 0.2) is 29.3 Å². The second-order valence-electron chi connectivity index (χ2n) is 8.11. The fourth-order valence-corrected chi connectivity index (χ4v) is 4.15. The van der Waals surface area contributed by atoms with Gasteiger partial charge in [-0.05, 0) is 51.3 Å². The van der Waals surface area contributed by atoms with E-state index in [0.29, 0.717) is 12.2 Å². The number of aliphatic hydroxyl groups is 1. The molecule has 2 aliphatic rings. The van der Waals surface area contributed by atoms with E-state index in [1.165, 1.54) is 0 Å². The Labute approximate surface area is 183 Å². The van der Waals surface area contributed by atoms with Gasteiger partial charge in [0.15, 0.2) is 5.96 Å². The van der Waals surface area contributed by atoms with Gasteiger partial charge in [0.1, 0.15) is 5.75 Å². The Morgan fingerprint density at radius 1 is 1.23 bits per heavy atom. The van der Waals surface area contributed by atoms with Gasteiger partial charge in [-0.15, -0.1) is 0 Å². The summed E-state index contributed by atoms with van der Waals surface area (Å²) in [5.41, 5.74) is 0.695. The minimum Gasteiger partial charge on any atom is -0.433 e. The van der Waals surface area contributed by atoms with E-state index in [2.05, 4.69) is 25.2 Å². The highest BCUT2D eigenvalue weighted by Crippen LogP contribution is 2.31. The second-order valence-corrected chi connectivity index (χ2v) is 8.11. The van der Waals surface area contributed by atoms with E-state index >= 15 is 0 Å². The number of alkyl halides is 2. The number of aliphatic imine (C=N–C) groups is 1. The molecule has 0 saturated carbocycles. The Morgan fingerprint density at radius 2 is 2.00 bits per heavy atom. The molecule has 0 bridgehead atoms. The number of ether oxygens (including phenoxy) is 1. The van der Waals surface area contributed by atoms with Crippen molar-refractivity contribution in [2.24, 2.45) is 4.99 Å². The molecule has 0 radical (unpaired) electrons. The normalized spacial score (nSPS) is 21.0. The van der Waals surface area contributed by atoms with Crippen molar-refractivity contribution in [2.45, 2.75) is 51.4 Å². The molecule has 31 heavy (non-hydrogen) atoms. The average molecular weight is 440 g/mol. The van der Waals surface area contributed by atoms with Crippen molar-refractivity contribution in [1.29, 1.82) is 0 Å². The number of guanidine groups is 1. The molecule has 3 rings (SSSR count). The van der Waals surface area contributed by atoms with Gasteiger partial charge in [-0.2, -0.15) is 8.78 Å². The van der Waals surface area contributed by atoms with Crippen molar-refractivity contribution in [2.75, 3.05) is 50.7 Å². The molecule has 0 spiro atoms. The zero-order valence-corrected chi connectivity index (χ0v) is 18.3. The lowest BCUT2D eigenvalue weighted by Gasteiger charge is -2.29. The Hall–Kier alpha value is -2.13. The number of anilines is 1. The summed E-state index contributed by atoms with van der Waals surface area (Å²) in [5, 5.41) is 16.4. The van der Waals surface area contributed by atoms with E-state index in [9.17, 15) is 13.9 Å². The topological polar surface area (TPSA) is 72.4 Å². The van der Waals surface area contributed by atoms with Gasteiger partial charge >= 0.3 is 6.61 Å². The van der Waals surface area contributed by atoms with Gasteiger partial charge in [-0.25, -0.2) is 0 Å². The van der Waals surface area contributed by atoms with Crippen LogP contribution in [0.1, 0.15) is 32.6 Å². The monoisotopic (exact) mass is 439 g/mol. The number of hydrogen-bond donors (Lipinski definition) is 3. The highest BCUT2D eigenvalue weighted by Gasteiger charge is 2.26. The molecule has 174 valence electrons. The lowest BCUT2D eigenvalue weighted by molar-refractivity contribution is -0.0495. The van der Waals surface area contributed by atoms with E-state index < -0.39 is 6.61 Å². The SMILES string of the molecule is CCNC(=NCCCN1CCC(O)CC1)NC1CCN(c2ccccc2OC(F)F)C1. The number of nitrogens with zero attached hydrogens (tertiary/aromatic N) is 3. The Balaban J connectivity index is 1.48. The van der Waals surface area contributed by atoms with Crippen LogP contribution in [0.25, 0.3) is 0 Å². The highest BCUT2D eigenvalue weighted by molar-refractivity contribution is 5.80. The van der Waals surface area contributed by atoms with Gasteiger partial charge in [-0.3, -0.25) is 4.99 Å². The fourth-order valence-electron chi connectivity index (χ4n) is 4.15. The maximum atomic E-state index is 12.7. The molecular formula is C22H35F2N5O2. The van der Waals surface area contributed by atoms with Gasteiger partial charge in [0.25, 0.3) is 0 Å². The molecule has 2 fully saturated rings. The Morgan fingerprint density at radius 3 is 2.74 bits per heavy atom. The number of para-hydroxylation sites is 2. The lowest BCUT2D eigenvalue weighted by atomic mass is 10.1. The smallest absolute Gasteiger partial charge is 0.387 e. The van der Waals surface area contributed by atoms with E-state index in [-0.39, 0.29) is 17.9 Å². The van der Waals surface area contributed by atoms with Crippen molar-refractivity contribution in [3.05, 3.63) is 24.3 Å². The Kier molecular flexibility index (Phi) is 9.14. The summed E-state index contributed by atoms with van der Waals surface area (Å²) in [6, 6.07) is 7.12. The van der Waals surface area contributed by atoms with Crippen molar-refractivity contribution in [1.82, 2.24) is 15.5 Å². The van der Waals surface area contributed by atoms with Gasteiger partial charge < -0.3 is 30.3 Å². The van der Waals surface area contributed by atoms with Crippen molar-refractivity contribution in [3.63, 3.8) is 0 Å². The third-order valence-electron chi connectivity index (χ3n) is 5.75. The quantitative estimate of drug-likeness (QED) is 0.312. The summed E-state index contributed by atoms with van der Waals surface area (Å²) in [6.45, 7) is 5.08. The van der Waals surface area contributed by atoms with Crippen LogP contribution in [-0.2, 0) is 0 Å². The minimum absolute atomic E-state index is 0.140. The first kappa shape index (κ1) is 23.5. The molecule has 2 heterocycles. The van der Waals surface area contributed by atoms with Crippen LogP contribution in [0, 0.1) is 0 Å². The molecule has 7 nitrogen and oxygen atoms in total. The van der Waals surface area contributed by atoms with E-state index in [1.54, 1.807) is 12.1 Å². The largest absolute Gasteiger partial charge is 0.433 e. The van der Waals surface area contributed by atoms with E-state index in [4.69, 9.17) is 4.99 Å². The van der Waals surface area contributed by atoms with Gasteiger partial charge in [0, 0.05) is 45.3 Å². The summed E-state index contributed by atoms with van der Waals surface area (Å²) in [6.07, 6.45) is 3.44. The van der Waals surface area contributed by atoms with Crippen LogP contribution in [0.5, 0.6) is 5.75 Å². The first-order chi connectivity index (χ1) is 15.0. The number of rotatable bonds is 9. The molecule has 3 N–H and O–H groups in total. The molecular weight excluding hydrogens is 404 g/mol. The van der Waals surface area contributed by atoms with Gasteiger partial charge in [0.05, 0.1) is 11.8 Å². The number of halogens is 2. The number of aliphatic hydroxyl groups excluding tert-OH is 1. The van der Waals surface area contributed by atoms with Gasteiger partial charge in [-0.1, -0.05) is 12.1 Å². The summed E-state index contributed by atoms with van der Waals surface area (Å²) in [4.78, 5) is 9.17. The van der Waals surface area contributed by atoms with Crippen LogP contribution >= 0.6 is 0 Å². The zero-order valence-electron chi connectivity index (χ0n) is 18.3. The molecule has 2 saturated heterocycles. The van der Waals surface area contributed by atoms with Crippen molar-refractivity contribution in [3.8, 4) is 5.75 Å². The molecule has 2 aliphatic heterocycles. The number of piperidine rings is 1. The molecule has 0 aliphatic carbocycles. The highest BCUT2D eigenvalue weighted by atomic mass is 19.3. The molecule has 9 heteroatoms. The summed E-state index contributed by atoms with van der Waals surface area (Å²) in [7, 11) is 0. The van der Waals surface area contributed by atoms with Gasteiger partial charge in [0.2, 0.25) is 0 Å². The second kappa shape index (κ2) is 12.0. The third-order valence-corrected chi connectivity index (χ3v) is 5.75. The number of hydrogen-bond acceptors (Lipinski definition) is 5.